The van der Waals surface area contributed by atoms with E-state index in [-0.39, 0.29) is 0 Å². The van der Waals surface area contributed by atoms with E-state index in [4.69, 9.17) is 18.0 Å². The Kier molecular flexibility index (Phi) is 5.63. The van der Waals surface area contributed by atoms with Crippen LogP contribution in [-0.4, -0.2) is 42.3 Å². The molecule has 0 aromatic heterocycles. The molecule has 0 radical (unpaired) electrons. The average molecular weight is 274 g/mol. The summed E-state index contributed by atoms with van der Waals surface area (Å²) in [6, 6.07) is 0.872. The van der Waals surface area contributed by atoms with Gasteiger partial charge in [0.25, 0.3) is 0 Å². The summed E-state index contributed by atoms with van der Waals surface area (Å²) in [5.41, 5.74) is 0. The lowest BCUT2D eigenvalue weighted by Crippen LogP contribution is -2.45. The van der Waals surface area contributed by atoms with E-state index in [1.807, 2.05) is 0 Å². The maximum atomic E-state index is 6.08. The first-order valence-electron chi connectivity index (χ1n) is 7.14. The van der Waals surface area contributed by atoms with Crippen molar-refractivity contribution in [3.8, 4) is 0 Å². The fraction of sp³-hybridized carbons (Fsp3) is 1.00. The van der Waals surface area contributed by atoms with Crippen molar-refractivity contribution < 1.29 is 18.0 Å². The number of hydrogen-bond donors (Lipinski definition) is 0. The summed E-state index contributed by atoms with van der Waals surface area (Å²) < 4.78 is 22.5. The van der Waals surface area contributed by atoms with Crippen LogP contribution in [0.4, 0.5) is 0 Å². The van der Waals surface area contributed by atoms with Gasteiger partial charge in [-0.25, -0.2) is 0 Å². The molecule has 1 heterocycles. The Balaban J connectivity index is 1.75. The molecular weight excluding hydrogens is 248 g/mol. The van der Waals surface area contributed by atoms with Crippen LogP contribution in [0.3, 0.4) is 0 Å². The highest BCUT2D eigenvalue weighted by Gasteiger charge is 2.41. The van der Waals surface area contributed by atoms with Crippen molar-refractivity contribution in [2.24, 2.45) is 5.92 Å². The zero-order chi connectivity index (χ0) is 12.8. The Morgan fingerprint density at radius 1 is 1.11 bits per heavy atom. The molecule has 4 nitrogen and oxygen atoms in total. The molecule has 0 amide bonds. The second kappa shape index (κ2) is 7.00. The van der Waals surface area contributed by atoms with E-state index in [1.165, 1.54) is 32.1 Å². The molecule has 1 unspecified atom stereocenters. The maximum Gasteiger partial charge on any atom is 0.500 e. The fourth-order valence-corrected chi connectivity index (χ4v) is 4.77. The van der Waals surface area contributed by atoms with E-state index in [2.05, 4.69) is 0 Å². The number of hydrogen-bond acceptors (Lipinski definition) is 4. The summed E-state index contributed by atoms with van der Waals surface area (Å²) in [6.45, 7) is 1.69. The Morgan fingerprint density at radius 3 is 2.33 bits per heavy atom. The standard InChI is InChI=1S/C13H26O4Si/c1-14-18(15-2,9-8-13-11-16-13)17-10-12-6-4-3-5-7-12/h12-13H,3-11H2,1-2H3. The van der Waals surface area contributed by atoms with Crippen LogP contribution >= 0.6 is 0 Å². The molecule has 1 saturated carbocycles. The monoisotopic (exact) mass is 274 g/mol. The van der Waals surface area contributed by atoms with Crippen molar-refractivity contribution in [3.63, 3.8) is 0 Å². The average Bonchev–Trinajstić information content (AvgIpc) is 3.25. The predicted molar refractivity (Wildman–Crippen MR) is 71.5 cm³/mol. The van der Waals surface area contributed by atoms with E-state index in [0.717, 1.165) is 25.7 Å². The first-order valence-corrected chi connectivity index (χ1v) is 9.07. The van der Waals surface area contributed by atoms with Crippen LogP contribution in [0.1, 0.15) is 38.5 Å². The molecule has 1 aliphatic heterocycles. The summed E-state index contributed by atoms with van der Waals surface area (Å²) in [4.78, 5) is 0. The molecule has 5 heteroatoms. The van der Waals surface area contributed by atoms with Gasteiger partial charge >= 0.3 is 8.80 Å². The van der Waals surface area contributed by atoms with Crippen molar-refractivity contribution in [2.75, 3.05) is 27.4 Å². The molecule has 1 aliphatic carbocycles. The third kappa shape index (κ3) is 4.31. The first kappa shape index (κ1) is 14.5. The normalized spacial score (nSPS) is 25.3. The Labute approximate surface area is 111 Å². The van der Waals surface area contributed by atoms with E-state index < -0.39 is 8.80 Å². The van der Waals surface area contributed by atoms with Gasteiger partial charge in [-0.3, -0.25) is 0 Å². The van der Waals surface area contributed by atoms with E-state index in [1.54, 1.807) is 14.2 Å². The van der Waals surface area contributed by atoms with Crippen LogP contribution < -0.4 is 0 Å². The van der Waals surface area contributed by atoms with Crippen molar-refractivity contribution in [1.82, 2.24) is 0 Å². The Hall–Kier alpha value is 0.0569. The number of rotatable bonds is 8. The molecule has 0 bridgehead atoms. The lowest BCUT2D eigenvalue weighted by Gasteiger charge is -2.29. The van der Waals surface area contributed by atoms with Crippen LogP contribution in [0.5, 0.6) is 0 Å². The molecule has 0 spiro atoms. The zero-order valence-corrected chi connectivity index (χ0v) is 12.7. The van der Waals surface area contributed by atoms with Gasteiger partial charge in [-0.15, -0.1) is 0 Å². The topological polar surface area (TPSA) is 40.2 Å². The third-order valence-electron chi connectivity index (χ3n) is 4.06. The predicted octanol–water partition coefficient (Wildman–Crippen LogP) is 2.60. The number of ether oxygens (including phenoxy) is 1. The third-order valence-corrected chi connectivity index (χ3v) is 6.81. The minimum atomic E-state index is -2.43. The van der Waals surface area contributed by atoms with Crippen molar-refractivity contribution >= 4 is 8.80 Å². The van der Waals surface area contributed by atoms with Gasteiger partial charge < -0.3 is 18.0 Å². The molecule has 2 rings (SSSR count). The number of epoxide rings is 1. The molecule has 0 aromatic rings. The van der Waals surface area contributed by atoms with Gasteiger partial charge in [0.1, 0.15) is 0 Å². The summed E-state index contributed by atoms with van der Waals surface area (Å²) in [5, 5.41) is 0. The minimum Gasteiger partial charge on any atom is -0.377 e. The molecule has 1 saturated heterocycles. The highest BCUT2D eigenvalue weighted by molar-refractivity contribution is 6.60. The molecule has 0 aromatic carbocycles. The van der Waals surface area contributed by atoms with Gasteiger partial charge in [-0.2, -0.15) is 0 Å². The van der Waals surface area contributed by atoms with Crippen molar-refractivity contribution in [3.05, 3.63) is 0 Å². The Morgan fingerprint density at radius 2 is 1.78 bits per heavy atom. The molecular formula is C13H26O4Si. The molecule has 2 fully saturated rings. The smallest absolute Gasteiger partial charge is 0.377 e. The highest BCUT2D eigenvalue weighted by Crippen LogP contribution is 2.27. The van der Waals surface area contributed by atoms with Gasteiger partial charge in [0.2, 0.25) is 0 Å². The van der Waals surface area contributed by atoms with Gasteiger partial charge in [-0.1, -0.05) is 19.3 Å². The Bertz CT molecular complexity index is 235. The van der Waals surface area contributed by atoms with Crippen LogP contribution in [0.25, 0.3) is 0 Å². The second-order valence-corrected chi connectivity index (χ2v) is 8.37. The minimum absolute atomic E-state index is 0.417. The van der Waals surface area contributed by atoms with Crippen LogP contribution in [0.2, 0.25) is 6.04 Å². The van der Waals surface area contributed by atoms with Crippen molar-refractivity contribution in [2.45, 2.75) is 50.7 Å². The molecule has 1 atom stereocenters. The SMILES string of the molecule is CO[Si](CCC1CO1)(OC)OCC1CCCCC1. The summed E-state index contributed by atoms with van der Waals surface area (Å²) >= 11 is 0. The largest absolute Gasteiger partial charge is 0.500 e. The van der Waals surface area contributed by atoms with E-state index in [0.29, 0.717) is 12.0 Å². The van der Waals surface area contributed by atoms with Gasteiger partial charge in [-0.05, 0) is 25.2 Å². The van der Waals surface area contributed by atoms with Gasteiger partial charge in [0, 0.05) is 26.9 Å². The van der Waals surface area contributed by atoms with E-state index >= 15 is 0 Å². The molecule has 0 N–H and O–H groups in total. The maximum absolute atomic E-state index is 6.08. The first-order chi connectivity index (χ1) is 8.78. The molecule has 18 heavy (non-hydrogen) atoms. The highest BCUT2D eigenvalue weighted by atomic mass is 28.4. The zero-order valence-electron chi connectivity index (χ0n) is 11.7. The quantitative estimate of drug-likeness (QED) is 0.504. The summed E-state index contributed by atoms with van der Waals surface area (Å²) in [5.74, 6) is 0.702. The molecule has 2 aliphatic rings. The van der Waals surface area contributed by atoms with E-state index in [9.17, 15) is 0 Å². The second-order valence-electron chi connectivity index (χ2n) is 5.40. The van der Waals surface area contributed by atoms with Crippen molar-refractivity contribution in [1.29, 1.82) is 0 Å². The van der Waals surface area contributed by atoms with Crippen LogP contribution in [-0.2, 0) is 18.0 Å². The lowest BCUT2D eigenvalue weighted by molar-refractivity contribution is 0.0733. The van der Waals surface area contributed by atoms with Crippen LogP contribution in [0, 0.1) is 5.92 Å². The van der Waals surface area contributed by atoms with Gasteiger partial charge in [0.15, 0.2) is 0 Å². The molecule has 106 valence electrons. The van der Waals surface area contributed by atoms with Crippen LogP contribution in [0.15, 0.2) is 0 Å². The lowest BCUT2D eigenvalue weighted by atomic mass is 9.90. The van der Waals surface area contributed by atoms with Gasteiger partial charge in [0.05, 0.1) is 12.7 Å². The fourth-order valence-electron chi connectivity index (χ4n) is 2.65. The summed E-state index contributed by atoms with van der Waals surface area (Å²) in [6.07, 6.45) is 8.08. The summed E-state index contributed by atoms with van der Waals surface area (Å²) in [7, 11) is 0.995.